The topological polar surface area (TPSA) is 3.24 Å². The van der Waals surface area contributed by atoms with E-state index in [1.807, 2.05) is 6.92 Å². The maximum Gasteiger partial charge on any atom is 0.0806 e. The molecule has 0 aromatic rings. The van der Waals surface area contributed by atoms with E-state index in [0.29, 0.717) is 5.41 Å². The molecule has 1 aliphatic rings. The van der Waals surface area contributed by atoms with E-state index < -0.39 is 0 Å². The van der Waals surface area contributed by atoms with E-state index in [-0.39, 0.29) is 0 Å². The van der Waals surface area contributed by atoms with Gasteiger partial charge in [0.25, 0.3) is 0 Å². The number of piperidine rings is 1. The zero-order valence-corrected chi connectivity index (χ0v) is 10.6. The van der Waals surface area contributed by atoms with Gasteiger partial charge in [0, 0.05) is 13.1 Å². The normalized spacial score (nSPS) is 18.3. The van der Waals surface area contributed by atoms with Crippen LogP contribution in [0.2, 0.25) is 0 Å². The lowest BCUT2D eigenvalue weighted by Gasteiger charge is -2.39. The number of rotatable bonds is 1. The first-order valence-electron chi connectivity index (χ1n) is 5.81. The van der Waals surface area contributed by atoms with Crippen LogP contribution in [0.15, 0.2) is 12.3 Å². The number of hydrogen-bond acceptors (Lipinski definition) is 1. The Morgan fingerprint density at radius 2 is 1.80 bits per heavy atom. The number of likely N-dealkylation sites (tertiary alicyclic amines) is 1. The Hall–Kier alpha value is -0.900. The molecule has 0 spiro atoms. The lowest BCUT2D eigenvalue weighted by atomic mass is 9.75. The monoisotopic (exact) mass is 205 g/mol. The Kier molecular flexibility index (Phi) is 3.85. The maximum absolute atomic E-state index is 4.01. The van der Waals surface area contributed by atoms with Crippen LogP contribution < -0.4 is 0 Å². The van der Waals surface area contributed by atoms with Crippen LogP contribution in [-0.4, -0.2) is 18.0 Å². The molecule has 1 rings (SSSR count). The van der Waals surface area contributed by atoms with Crippen LogP contribution in [0.5, 0.6) is 0 Å². The lowest BCUT2D eigenvalue weighted by molar-refractivity contribution is 0.135. The Labute approximate surface area is 94.5 Å². The molecule has 0 unspecified atom stereocenters. The molecule has 0 N–H and O–H groups in total. The molecule has 0 radical (unpaired) electrons. The van der Waals surface area contributed by atoms with Crippen LogP contribution in [0.1, 0.15) is 40.5 Å². The molecular weight excluding hydrogens is 182 g/mol. The van der Waals surface area contributed by atoms with E-state index in [4.69, 9.17) is 0 Å². The van der Waals surface area contributed by atoms with Crippen molar-refractivity contribution >= 4 is 0 Å². The van der Waals surface area contributed by atoms with E-state index in [9.17, 15) is 0 Å². The quantitative estimate of drug-likeness (QED) is 0.594. The highest BCUT2D eigenvalue weighted by Crippen LogP contribution is 2.34. The minimum atomic E-state index is 0.448. The Morgan fingerprint density at radius 1 is 1.27 bits per heavy atom. The SMILES string of the molecule is C=C(C#CC)N1CCC(C(C)(C)C)CC1. The second-order valence-electron chi connectivity index (χ2n) is 5.45. The molecule has 0 aliphatic carbocycles. The molecule has 0 atom stereocenters. The zero-order chi connectivity index (χ0) is 11.5. The number of nitrogens with zero attached hydrogens (tertiary/aromatic N) is 1. The van der Waals surface area contributed by atoms with Crippen LogP contribution in [0.25, 0.3) is 0 Å². The minimum Gasteiger partial charge on any atom is -0.365 e. The van der Waals surface area contributed by atoms with Gasteiger partial charge in [-0.15, -0.1) is 0 Å². The highest BCUT2D eigenvalue weighted by atomic mass is 15.1. The molecule has 0 amide bonds. The average molecular weight is 205 g/mol. The van der Waals surface area contributed by atoms with E-state index in [1.165, 1.54) is 12.8 Å². The van der Waals surface area contributed by atoms with Gasteiger partial charge in [0.1, 0.15) is 0 Å². The van der Waals surface area contributed by atoms with Crippen LogP contribution in [0.3, 0.4) is 0 Å². The fraction of sp³-hybridized carbons (Fsp3) is 0.714. The maximum atomic E-state index is 4.01. The summed E-state index contributed by atoms with van der Waals surface area (Å²) in [7, 11) is 0. The van der Waals surface area contributed by atoms with Crippen LogP contribution >= 0.6 is 0 Å². The van der Waals surface area contributed by atoms with Crippen molar-refractivity contribution in [3.8, 4) is 11.8 Å². The van der Waals surface area contributed by atoms with Gasteiger partial charge < -0.3 is 4.90 Å². The van der Waals surface area contributed by atoms with Crippen LogP contribution in [0, 0.1) is 23.2 Å². The summed E-state index contributed by atoms with van der Waals surface area (Å²) >= 11 is 0. The summed E-state index contributed by atoms with van der Waals surface area (Å²) in [5, 5.41) is 0. The molecule has 0 bridgehead atoms. The van der Waals surface area contributed by atoms with Gasteiger partial charge in [0.15, 0.2) is 0 Å². The molecule has 1 heteroatoms. The summed E-state index contributed by atoms with van der Waals surface area (Å²) in [6, 6.07) is 0. The smallest absolute Gasteiger partial charge is 0.0806 e. The molecule has 1 fully saturated rings. The van der Waals surface area contributed by atoms with Gasteiger partial charge in [0.05, 0.1) is 5.70 Å². The highest BCUT2D eigenvalue weighted by Gasteiger charge is 2.28. The average Bonchev–Trinajstić information content (AvgIpc) is 2.17. The molecular formula is C14H23N. The molecule has 84 valence electrons. The Morgan fingerprint density at radius 3 is 2.20 bits per heavy atom. The van der Waals surface area contributed by atoms with Crippen molar-refractivity contribution in [3.05, 3.63) is 12.3 Å². The van der Waals surface area contributed by atoms with Gasteiger partial charge in [-0.1, -0.05) is 39.2 Å². The minimum absolute atomic E-state index is 0.448. The van der Waals surface area contributed by atoms with Crippen LogP contribution in [0.4, 0.5) is 0 Å². The Balaban J connectivity index is 2.48. The molecule has 15 heavy (non-hydrogen) atoms. The fourth-order valence-electron chi connectivity index (χ4n) is 2.24. The summed E-state index contributed by atoms with van der Waals surface area (Å²) in [5.74, 6) is 6.81. The van der Waals surface area contributed by atoms with E-state index >= 15 is 0 Å². The van der Waals surface area contributed by atoms with E-state index in [0.717, 1.165) is 24.7 Å². The fourth-order valence-corrected chi connectivity index (χ4v) is 2.24. The van der Waals surface area contributed by atoms with E-state index in [2.05, 4.69) is 44.1 Å². The van der Waals surface area contributed by atoms with E-state index in [1.54, 1.807) is 0 Å². The first-order valence-corrected chi connectivity index (χ1v) is 5.81. The van der Waals surface area contributed by atoms with Crippen LogP contribution in [-0.2, 0) is 0 Å². The predicted octanol–water partition coefficient (Wildman–Crippen LogP) is 3.28. The zero-order valence-electron chi connectivity index (χ0n) is 10.6. The number of hydrogen-bond donors (Lipinski definition) is 0. The first-order chi connectivity index (χ1) is 6.95. The summed E-state index contributed by atoms with van der Waals surface area (Å²) in [6.07, 6.45) is 2.54. The summed E-state index contributed by atoms with van der Waals surface area (Å²) in [5.41, 5.74) is 1.44. The van der Waals surface area contributed by atoms with Crippen molar-refractivity contribution < 1.29 is 0 Å². The molecule has 1 heterocycles. The van der Waals surface area contributed by atoms with Gasteiger partial charge in [0.2, 0.25) is 0 Å². The van der Waals surface area contributed by atoms with Gasteiger partial charge in [-0.05, 0) is 31.1 Å². The van der Waals surface area contributed by atoms with Crippen molar-refractivity contribution in [3.63, 3.8) is 0 Å². The molecule has 1 nitrogen and oxygen atoms in total. The molecule has 1 aliphatic heterocycles. The molecule has 0 saturated carbocycles. The van der Waals surface area contributed by atoms with Crippen molar-refractivity contribution in [2.75, 3.05) is 13.1 Å². The Bertz CT molecular complexity index is 277. The predicted molar refractivity (Wildman–Crippen MR) is 66.3 cm³/mol. The first kappa shape index (κ1) is 12.2. The van der Waals surface area contributed by atoms with Crippen molar-refractivity contribution in [1.82, 2.24) is 4.90 Å². The van der Waals surface area contributed by atoms with Gasteiger partial charge in [-0.25, -0.2) is 0 Å². The third kappa shape index (κ3) is 3.30. The van der Waals surface area contributed by atoms with Gasteiger partial charge in [-0.3, -0.25) is 0 Å². The third-order valence-electron chi connectivity index (χ3n) is 3.37. The van der Waals surface area contributed by atoms with Crippen molar-refractivity contribution in [2.45, 2.75) is 40.5 Å². The van der Waals surface area contributed by atoms with Gasteiger partial charge >= 0.3 is 0 Å². The summed E-state index contributed by atoms with van der Waals surface area (Å²) < 4.78 is 0. The summed E-state index contributed by atoms with van der Waals surface area (Å²) in [6.45, 7) is 15.1. The van der Waals surface area contributed by atoms with Crippen molar-refractivity contribution in [2.24, 2.45) is 11.3 Å². The van der Waals surface area contributed by atoms with Crippen molar-refractivity contribution in [1.29, 1.82) is 0 Å². The largest absolute Gasteiger partial charge is 0.365 e. The highest BCUT2D eigenvalue weighted by molar-refractivity contribution is 5.23. The lowest BCUT2D eigenvalue weighted by Crippen LogP contribution is -2.37. The standard InChI is InChI=1S/C14H23N/c1-6-7-12(2)15-10-8-13(9-11-15)14(3,4)5/h13H,2,8-11H2,1,3-5H3. The number of allylic oxidation sites excluding steroid dienone is 1. The summed E-state index contributed by atoms with van der Waals surface area (Å²) in [4.78, 5) is 2.32. The second-order valence-corrected chi connectivity index (χ2v) is 5.45. The second kappa shape index (κ2) is 4.75. The molecule has 0 aromatic carbocycles. The third-order valence-corrected chi connectivity index (χ3v) is 3.37. The van der Waals surface area contributed by atoms with Gasteiger partial charge in [-0.2, -0.15) is 0 Å². The molecule has 1 saturated heterocycles. The molecule has 0 aromatic heterocycles.